The molecule has 0 saturated carbocycles. The third-order valence-corrected chi connectivity index (χ3v) is 6.46. The van der Waals surface area contributed by atoms with E-state index >= 15 is 0 Å². The summed E-state index contributed by atoms with van der Waals surface area (Å²) in [6, 6.07) is 17.1. The summed E-state index contributed by atoms with van der Waals surface area (Å²) in [5.41, 5.74) is -1.44. The first-order chi connectivity index (χ1) is 21.9. The fourth-order valence-corrected chi connectivity index (χ4v) is 2.94. The number of hydrogen-bond acceptors (Lipinski definition) is 7. The summed E-state index contributed by atoms with van der Waals surface area (Å²) >= 11 is 2.94. The Bertz CT molecular complexity index is 789. The smallest absolute Gasteiger partial charge is 0.405 e. The number of pyridine rings is 3. The fourth-order valence-electron chi connectivity index (χ4n) is 2.94. The van der Waals surface area contributed by atoms with Gasteiger partial charge >= 0.3 is 14.0 Å². The molecule has 14 heteroatoms. The third kappa shape index (κ3) is 23.4. The predicted molar refractivity (Wildman–Crippen MR) is 192 cm³/mol. The van der Waals surface area contributed by atoms with Gasteiger partial charge in [-0.15, -0.1) is 0 Å². The molecule has 47 heavy (non-hydrogen) atoms. The maximum absolute atomic E-state index is 9.50. The van der Waals surface area contributed by atoms with Gasteiger partial charge in [0.15, 0.2) is 0 Å². The van der Waals surface area contributed by atoms with E-state index in [-0.39, 0.29) is 42.8 Å². The quantitative estimate of drug-likeness (QED) is 0.179. The summed E-state index contributed by atoms with van der Waals surface area (Å²) in [4.78, 5) is 11.4. The van der Waals surface area contributed by atoms with Crippen LogP contribution in [-0.2, 0) is 39.0 Å². The van der Waals surface area contributed by atoms with Crippen molar-refractivity contribution in [2.75, 3.05) is 27.4 Å². The number of alkyl halides is 4. The minimum atomic E-state index is -0.476. The molecule has 0 amide bonds. The molecular weight excluding hydrogens is 767 g/mol. The number of rotatable bonds is 1. The van der Waals surface area contributed by atoms with E-state index in [1.165, 1.54) is 0 Å². The van der Waals surface area contributed by atoms with Crippen LogP contribution in [0.4, 0.5) is 13.2 Å². The minimum absolute atomic E-state index is 0. The van der Waals surface area contributed by atoms with Gasteiger partial charge in [-0.1, -0.05) is 48.0 Å². The van der Waals surface area contributed by atoms with Gasteiger partial charge in [0, 0.05) is 57.6 Å². The molecule has 0 atom stereocenters. The molecule has 2 aliphatic heterocycles. The molecular formula is C33H57B2BrF3N3O4Pd. The van der Waals surface area contributed by atoms with Gasteiger partial charge in [0.1, 0.15) is 0 Å². The van der Waals surface area contributed by atoms with E-state index in [2.05, 4.69) is 30.9 Å². The van der Waals surface area contributed by atoms with Crippen LogP contribution in [0, 0.1) is 0 Å². The zero-order valence-electron chi connectivity index (χ0n) is 30.6. The summed E-state index contributed by atoms with van der Waals surface area (Å²) in [7, 11) is 0.548. The molecule has 0 aliphatic carbocycles. The average molecular weight is 825 g/mol. The molecule has 3 aromatic rings. The summed E-state index contributed by atoms with van der Waals surface area (Å²) in [6.07, 6.45) is 10.5. The summed E-state index contributed by atoms with van der Waals surface area (Å²) in [6.45, 7) is 20.2. The van der Waals surface area contributed by atoms with E-state index in [9.17, 15) is 13.2 Å². The summed E-state index contributed by atoms with van der Waals surface area (Å²) in [5, 5.41) is 0. The van der Waals surface area contributed by atoms with E-state index in [0.29, 0.717) is 21.5 Å². The second-order valence-electron chi connectivity index (χ2n) is 10.3. The van der Waals surface area contributed by atoms with Crippen LogP contribution in [0.2, 0.25) is 0 Å². The Balaban J connectivity index is -0.000000169. The van der Waals surface area contributed by atoms with Crippen molar-refractivity contribution in [3.05, 3.63) is 91.8 Å². The molecule has 2 aliphatic rings. The van der Waals surface area contributed by atoms with E-state index in [0.717, 1.165) is 0 Å². The van der Waals surface area contributed by atoms with Crippen molar-refractivity contribution in [3.8, 4) is 0 Å². The van der Waals surface area contributed by atoms with Crippen LogP contribution >= 0.6 is 15.9 Å². The second-order valence-corrected chi connectivity index (χ2v) is 10.3. The van der Waals surface area contributed by atoms with Crippen molar-refractivity contribution >= 4 is 29.9 Å². The number of halogens is 4. The van der Waals surface area contributed by atoms with E-state index in [4.69, 9.17) is 18.6 Å². The Morgan fingerprint density at radius 2 is 0.553 bits per heavy atom. The first kappa shape index (κ1) is 54.8. The van der Waals surface area contributed by atoms with Crippen LogP contribution in [-0.4, -0.2) is 78.7 Å². The fraction of sp³-hybridized carbons (Fsp3) is 0.545. The molecule has 272 valence electrons. The van der Waals surface area contributed by atoms with Gasteiger partial charge in [-0.25, -0.2) is 0 Å². The monoisotopic (exact) mass is 823 g/mol. The third-order valence-electron chi connectivity index (χ3n) is 6.46. The topological polar surface area (TPSA) is 75.6 Å². The van der Waals surface area contributed by atoms with Crippen molar-refractivity contribution in [2.45, 2.75) is 91.6 Å². The summed E-state index contributed by atoms with van der Waals surface area (Å²) in [5.74, 6) is 1.81. The van der Waals surface area contributed by atoms with Crippen LogP contribution in [0.1, 0.15) is 69.2 Å². The van der Waals surface area contributed by atoms with Gasteiger partial charge in [0.25, 0.3) is 0 Å². The molecule has 0 radical (unpaired) electrons. The minimum Gasteiger partial charge on any atom is -0.405 e. The zero-order valence-corrected chi connectivity index (χ0v) is 33.8. The van der Waals surface area contributed by atoms with E-state index in [1.807, 2.05) is 130 Å². The Morgan fingerprint density at radius 1 is 0.404 bits per heavy atom. The average Bonchev–Trinajstić information content (AvgIpc) is 3.48. The van der Waals surface area contributed by atoms with Gasteiger partial charge in [-0.05, 0) is 97.6 Å². The largest absolute Gasteiger partial charge is 0.488 e. The first-order valence-corrected chi connectivity index (χ1v) is 16.2. The van der Waals surface area contributed by atoms with Crippen LogP contribution < -0.4 is 0 Å². The standard InChI is InChI=1S/C12H24B2O4.3C5H5N.C2H6.CH3Br.3CH3F.Pd/c1-9(2)10(3,4)16-13(15-9)14-17-11(5,6)12(7,8)18-14;3*1-2-4-6-5-3-1;5*1-2;/h1-8H3;3*1-5H;1-2H3;4*1H3;. The van der Waals surface area contributed by atoms with Crippen molar-refractivity contribution in [1.29, 1.82) is 0 Å². The van der Waals surface area contributed by atoms with E-state index < -0.39 is 14.0 Å². The molecule has 2 saturated heterocycles. The molecule has 0 unspecified atom stereocenters. The predicted octanol–water partition coefficient (Wildman–Crippen LogP) is 9.29. The van der Waals surface area contributed by atoms with Crippen LogP contribution in [0.5, 0.6) is 0 Å². The molecule has 7 nitrogen and oxygen atoms in total. The Hall–Kier alpha value is -1.65. The molecule has 0 bridgehead atoms. The van der Waals surface area contributed by atoms with Gasteiger partial charge in [-0.2, -0.15) is 0 Å². The molecule has 5 heterocycles. The molecule has 0 aromatic carbocycles. The van der Waals surface area contributed by atoms with Crippen LogP contribution in [0.25, 0.3) is 0 Å². The zero-order chi connectivity index (χ0) is 36.7. The first-order valence-electron chi connectivity index (χ1n) is 14.7. The van der Waals surface area contributed by atoms with Gasteiger partial charge in [-0.3, -0.25) is 28.1 Å². The number of aromatic nitrogens is 3. The number of hydrogen-bond donors (Lipinski definition) is 0. The van der Waals surface area contributed by atoms with Gasteiger partial charge in [0.05, 0.1) is 43.9 Å². The van der Waals surface area contributed by atoms with Crippen molar-refractivity contribution in [1.82, 2.24) is 15.0 Å². The van der Waals surface area contributed by atoms with Crippen LogP contribution in [0.15, 0.2) is 91.8 Å². The molecule has 0 N–H and O–H groups in total. The Kier molecular flexibility index (Phi) is 38.3. The van der Waals surface area contributed by atoms with E-state index in [1.54, 1.807) is 37.2 Å². The van der Waals surface area contributed by atoms with Crippen LogP contribution in [0.3, 0.4) is 0 Å². The van der Waals surface area contributed by atoms with Gasteiger partial charge in [0.2, 0.25) is 0 Å². The molecule has 0 spiro atoms. The molecule has 2 fully saturated rings. The normalized spacial score (nSPS) is 16.0. The van der Waals surface area contributed by atoms with Crippen molar-refractivity contribution in [3.63, 3.8) is 0 Å². The molecule has 3 aromatic heterocycles. The van der Waals surface area contributed by atoms with Crippen molar-refractivity contribution < 1.29 is 52.2 Å². The molecule has 5 rings (SSSR count). The maximum Gasteiger partial charge on any atom is 0.488 e. The van der Waals surface area contributed by atoms with Crippen molar-refractivity contribution in [2.24, 2.45) is 0 Å². The Morgan fingerprint density at radius 3 is 0.638 bits per heavy atom. The SMILES string of the molecule is CBr.CC.CC1(C)OB(B2OC(C)(C)C(C)(C)O2)OC1(C)C.CF.CF.CF.[Pd].c1ccncc1.c1ccncc1.c1ccncc1. The summed E-state index contributed by atoms with van der Waals surface area (Å²) < 4.78 is 52.3. The number of nitrogens with zero attached hydrogens (tertiary/aromatic N) is 3. The Labute approximate surface area is 306 Å². The van der Waals surface area contributed by atoms with Gasteiger partial charge < -0.3 is 18.6 Å². The second kappa shape index (κ2) is 32.9. The maximum atomic E-state index is 9.50.